The maximum absolute atomic E-state index is 14.4. The first kappa shape index (κ1) is 28.0. The zero-order valence-corrected chi connectivity index (χ0v) is 23.0. The highest BCUT2D eigenvalue weighted by Crippen LogP contribution is 2.49. The van der Waals surface area contributed by atoms with Crippen molar-refractivity contribution in [2.45, 2.75) is 46.0 Å². The van der Waals surface area contributed by atoms with Crippen LogP contribution >= 0.6 is 0 Å². The lowest BCUT2D eigenvalue weighted by atomic mass is 9.67. The summed E-state index contributed by atoms with van der Waals surface area (Å²) in [5, 5.41) is 3.32. The topological polar surface area (TPSA) is 100 Å². The first-order valence-electron chi connectivity index (χ1n) is 13.3. The van der Waals surface area contributed by atoms with Gasteiger partial charge in [0.2, 0.25) is 0 Å². The highest BCUT2D eigenvalue weighted by molar-refractivity contribution is 6.13. The van der Waals surface area contributed by atoms with E-state index in [1.54, 1.807) is 27.9 Å². The van der Waals surface area contributed by atoms with Crippen molar-refractivity contribution in [2.75, 3.05) is 26.9 Å². The Morgan fingerprint density at radius 2 is 1.64 bits per heavy atom. The van der Waals surface area contributed by atoms with E-state index in [4.69, 9.17) is 18.9 Å². The summed E-state index contributed by atoms with van der Waals surface area (Å²) in [4.78, 5) is 41.0. The van der Waals surface area contributed by atoms with Crippen LogP contribution in [-0.2, 0) is 23.9 Å². The van der Waals surface area contributed by atoms with Gasteiger partial charge >= 0.3 is 11.9 Å². The van der Waals surface area contributed by atoms with Crippen LogP contribution in [0.2, 0.25) is 0 Å². The molecule has 2 aromatic rings. The normalized spacial score (nSPS) is 20.6. The van der Waals surface area contributed by atoms with Crippen molar-refractivity contribution in [3.63, 3.8) is 0 Å². The van der Waals surface area contributed by atoms with Crippen molar-refractivity contribution in [2.24, 2.45) is 5.92 Å². The second-order valence-electron chi connectivity index (χ2n) is 9.36. The molecule has 1 N–H and O–H groups in total. The lowest BCUT2D eigenvalue weighted by Gasteiger charge is -2.39. The third-order valence-electron chi connectivity index (χ3n) is 7.12. The maximum atomic E-state index is 14.4. The highest BCUT2D eigenvalue weighted by Gasteiger charge is 2.49. The molecule has 2 aromatic carbocycles. The maximum Gasteiger partial charge on any atom is 0.336 e. The number of benzene rings is 2. The van der Waals surface area contributed by atoms with Gasteiger partial charge in [0.05, 0.1) is 32.5 Å². The number of hydrogen-bond acceptors (Lipinski definition) is 8. The molecule has 4 rings (SSSR count). The molecular weight excluding hydrogens is 498 g/mol. The number of dihydropyridines is 1. The third-order valence-corrected chi connectivity index (χ3v) is 7.12. The van der Waals surface area contributed by atoms with Gasteiger partial charge in [-0.3, -0.25) is 9.59 Å². The number of allylic oxidation sites excluding steroid dienone is 3. The number of nitrogens with one attached hydrogen (secondary N) is 1. The molecule has 3 atom stereocenters. The number of carbonyl (C=O) groups is 3. The van der Waals surface area contributed by atoms with Crippen molar-refractivity contribution in [3.05, 3.63) is 82.2 Å². The number of rotatable bonds is 9. The number of ether oxygens (including phenoxy) is 4. The minimum atomic E-state index is -1.10. The van der Waals surface area contributed by atoms with Crippen LogP contribution in [0, 0.1) is 5.92 Å². The van der Waals surface area contributed by atoms with Crippen LogP contribution < -0.4 is 14.8 Å². The molecule has 2 aliphatic rings. The van der Waals surface area contributed by atoms with Crippen molar-refractivity contribution in [1.82, 2.24) is 5.32 Å². The number of ketones is 1. The summed E-state index contributed by atoms with van der Waals surface area (Å²) in [6.45, 7) is 7.99. The molecule has 39 heavy (non-hydrogen) atoms. The van der Waals surface area contributed by atoms with Crippen LogP contribution in [0.15, 0.2) is 71.1 Å². The SMILES string of the molecule is CCOC(=O)C1=C(C)NC2=C(C(=O)[C@H](C(=O)OCC)[C@@H](c3ccccc3OC)C2)[C@@H]1c1ccc(OCC)cc1. The van der Waals surface area contributed by atoms with Crippen LogP contribution in [0.3, 0.4) is 0 Å². The van der Waals surface area contributed by atoms with Gasteiger partial charge in [0.1, 0.15) is 17.4 Å². The van der Waals surface area contributed by atoms with Gasteiger partial charge in [0.25, 0.3) is 0 Å². The quantitative estimate of drug-likeness (QED) is 0.362. The van der Waals surface area contributed by atoms with E-state index in [0.717, 1.165) is 11.1 Å². The molecule has 0 fully saturated rings. The molecule has 0 radical (unpaired) electrons. The van der Waals surface area contributed by atoms with Crippen molar-refractivity contribution in [3.8, 4) is 11.5 Å². The lowest BCUT2D eigenvalue weighted by Crippen LogP contribution is -2.43. The van der Waals surface area contributed by atoms with Gasteiger partial charge in [-0.25, -0.2) is 4.79 Å². The molecular formula is C31H35NO7. The summed E-state index contributed by atoms with van der Waals surface area (Å²) >= 11 is 0. The van der Waals surface area contributed by atoms with E-state index in [9.17, 15) is 14.4 Å². The first-order valence-corrected chi connectivity index (χ1v) is 13.3. The molecule has 8 heteroatoms. The Morgan fingerprint density at radius 1 is 0.949 bits per heavy atom. The van der Waals surface area contributed by atoms with Crippen molar-refractivity contribution >= 4 is 17.7 Å². The number of esters is 2. The number of para-hydroxylation sites is 1. The molecule has 206 valence electrons. The average molecular weight is 534 g/mol. The molecule has 0 bridgehead atoms. The molecule has 0 aromatic heterocycles. The zero-order chi connectivity index (χ0) is 28.1. The minimum Gasteiger partial charge on any atom is -0.496 e. The molecule has 1 aliphatic heterocycles. The van der Waals surface area contributed by atoms with Gasteiger partial charge in [0.15, 0.2) is 5.78 Å². The van der Waals surface area contributed by atoms with Crippen LogP contribution in [0.25, 0.3) is 0 Å². The highest BCUT2D eigenvalue weighted by atomic mass is 16.5. The summed E-state index contributed by atoms with van der Waals surface area (Å²) in [7, 11) is 1.56. The van der Waals surface area contributed by atoms with Crippen LogP contribution in [0.4, 0.5) is 0 Å². The fraction of sp³-hybridized carbons (Fsp3) is 0.387. The van der Waals surface area contributed by atoms with Gasteiger partial charge in [-0.05, 0) is 63.4 Å². The largest absolute Gasteiger partial charge is 0.496 e. The summed E-state index contributed by atoms with van der Waals surface area (Å²) in [5.41, 5.74) is 3.45. The standard InChI is InChI=1S/C31H35NO7/c1-6-37-20-15-13-19(14-16-20)26-25(30(34)38-7-2)18(4)32-23-17-22(21-11-9-10-12-24(21)36-5)27(29(33)28(23)26)31(35)39-8-3/h9-16,22,26-27,32H,6-8,17H2,1-5H3/t22-,26-,27-/m1/s1. The molecule has 0 saturated carbocycles. The van der Waals surface area contributed by atoms with E-state index in [-0.39, 0.29) is 19.0 Å². The molecule has 0 unspecified atom stereocenters. The second kappa shape index (κ2) is 12.2. The Kier molecular flexibility index (Phi) is 8.74. The van der Waals surface area contributed by atoms with E-state index in [0.29, 0.717) is 47.1 Å². The predicted octanol–water partition coefficient (Wildman–Crippen LogP) is 4.81. The molecule has 1 aliphatic carbocycles. The molecule has 1 heterocycles. The van der Waals surface area contributed by atoms with Gasteiger partial charge < -0.3 is 24.3 Å². The second-order valence-corrected chi connectivity index (χ2v) is 9.36. The van der Waals surface area contributed by atoms with Gasteiger partial charge in [-0.15, -0.1) is 0 Å². The molecule has 8 nitrogen and oxygen atoms in total. The third kappa shape index (κ3) is 5.41. The predicted molar refractivity (Wildman–Crippen MR) is 145 cm³/mol. The number of methoxy groups -OCH3 is 1. The Bertz CT molecular complexity index is 1310. The van der Waals surface area contributed by atoms with E-state index in [1.807, 2.05) is 55.5 Å². The van der Waals surface area contributed by atoms with Crippen LogP contribution in [0.5, 0.6) is 11.5 Å². The fourth-order valence-electron chi connectivity index (χ4n) is 5.54. The van der Waals surface area contributed by atoms with Crippen LogP contribution in [-0.4, -0.2) is 44.7 Å². The average Bonchev–Trinajstić information content (AvgIpc) is 2.93. The number of Topliss-reactive ketones (excluding diaryl/α,β-unsaturated/α-hetero) is 1. The summed E-state index contributed by atoms with van der Waals surface area (Å²) in [5.74, 6) is -2.57. The van der Waals surface area contributed by atoms with Crippen molar-refractivity contribution in [1.29, 1.82) is 0 Å². The van der Waals surface area contributed by atoms with Crippen molar-refractivity contribution < 1.29 is 33.3 Å². The Hall–Kier alpha value is -4.07. The first-order chi connectivity index (χ1) is 18.9. The molecule has 0 saturated heterocycles. The molecule has 0 amide bonds. The van der Waals surface area contributed by atoms with Crippen LogP contribution in [0.1, 0.15) is 57.1 Å². The van der Waals surface area contributed by atoms with E-state index in [2.05, 4.69) is 5.32 Å². The van der Waals surface area contributed by atoms with E-state index >= 15 is 0 Å². The fourth-order valence-corrected chi connectivity index (χ4v) is 5.54. The summed E-state index contributed by atoms with van der Waals surface area (Å²) in [6.07, 6.45) is 0.353. The summed E-state index contributed by atoms with van der Waals surface area (Å²) < 4.78 is 22.0. The van der Waals surface area contributed by atoms with E-state index in [1.165, 1.54) is 0 Å². The number of carbonyl (C=O) groups excluding carboxylic acids is 3. The zero-order valence-electron chi connectivity index (χ0n) is 23.0. The van der Waals surface area contributed by atoms with Gasteiger partial charge in [0, 0.05) is 28.8 Å². The smallest absolute Gasteiger partial charge is 0.336 e. The number of hydrogen-bond donors (Lipinski definition) is 1. The Labute approximate surface area is 229 Å². The molecule has 0 spiro atoms. The lowest BCUT2D eigenvalue weighted by molar-refractivity contribution is -0.152. The summed E-state index contributed by atoms with van der Waals surface area (Å²) in [6, 6.07) is 14.7. The monoisotopic (exact) mass is 533 g/mol. The van der Waals surface area contributed by atoms with E-state index < -0.39 is 29.7 Å². The Morgan fingerprint density at radius 3 is 2.28 bits per heavy atom. The van der Waals surface area contributed by atoms with Gasteiger partial charge in [-0.2, -0.15) is 0 Å². The minimum absolute atomic E-state index is 0.140. The van der Waals surface area contributed by atoms with Gasteiger partial charge in [-0.1, -0.05) is 30.3 Å². The Balaban J connectivity index is 1.90.